The fraction of sp³-hybridized carbons (Fsp3) is 0.500. The highest BCUT2D eigenvalue weighted by Crippen LogP contribution is 2.08. The van der Waals surface area contributed by atoms with Crippen molar-refractivity contribution in [3.63, 3.8) is 0 Å². The number of carbonyl (C=O) groups is 2. The number of nitrogens with one attached hydrogen (secondary N) is 2. The van der Waals surface area contributed by atoms with Crippen molar-refractivity contribution in [3.8, 4) is 0 Å². The van der Waals surface area contributed by atoms with E-state index in [2.05, 4.69) is 20.0 Å². The van der Waals surface area contributed by atoms with E-state index < -0.39 is 33.7 Å². The number of alkyl carbamates (subject to hydrolysis) is 1. The molecule has 12 heteroatoms. The maximum absolute atomic E-state index is 12.0. The van der Waals surface area contributed by atoms with Crippen molar-refractivity contribution >= 4 is 28.0 Å². The lowest BCUT2D eigenvalue weighted by Gasteiger charge is -2.21. The Balaban J connectivity index is 2.53. The summed E-state index contributed by atoms with van der Waals surface area (Å²) < 4.78 is 31.2. The minimum atomic E-state index is -3.94. The Morgan fingerprint density at radius 1 is 1.36 bits per heavy atom. The summed E-state index contributed by atoms with van der Waals surface area (Å²) in [5.74, 6) is -1.57. The molecule has 1 rings (SSSR count). The molecule has 1 heterocycles. The number of carboxylic acid groups (broad SMARTS) is 1. The third kappa shape index (κ3) is 8.66. The van der Waals surface area contributed by atoms with E-state index in [-0.39, 0.29) is 30.4 Å². The standard InChI is InChI=1S/C16H25N5O6S/c1-16(2,3)27-15(24)20-11(13(22)23)7-6-10-19-14(17)21-28(25,26)12-8-4-5-9-18-12/h4-5,8-9,11H,6-7,10H2,1-3H3,(H,20,24)(H,22,23)(H3,17,19,21)/t11-/m0/s1. The number of sulfonamides is 1. The Kier molecular flexibility index (Phi) is 8.16. The topological polar surface area (TPSA) is 173 Å². The predicted molar refractivity (Wildman–Crippen MR) is 101 cm³/mol. The third-order valence-electron chi connectivity index (χ3n) is 3.07. The lowest BCUT2D eigenvalue weighted by molar-refractivity contribution is -0.139. The summed E-state index contributed by atoms with van der Waals surface area (Å²) in [6.45, 7) is 5.03. The first-order chi connectivity index (χ1) is 12.9. The van der Waals surface area contributed by atoms with Crippen LogP contribution < -0.4 is 15.8 Å². The van der Waals surface area contributed by atoms with Gasteiger partial charge in [0.05, 0.1) is 0 Å². The van der Waals surface area contributed by atoms with Gasteiger partial charge in [-0.2, -0.15) is 8.42 Å². The molecular formula is C16H25N5O6S. The van der Waals surface area contributed by atoms with Crippen molar-refractivity contribution in [2.24, 2.45) is 10.7 Å². The molecule has 0 bridgehead atoms. The Morgan fingerprint density at radius 3 is 2.57 bits per heavy atom. The van der Waals surface area contributed by atoms with E-state index in [1.807, 2.05) is 0 Å². The molecule has 11 nitrogen and oxygen atoms in total. The summed E-state index contributed by atoms with van der Waals surface area (Å²) in [6, 6.07) is 3.21. The normalized spacial score (nSPS) is 13.5. The number of amides is 1. The fourth-order valence-corrected chi connectivity index (χ4v) is 2.83. The number of rotatable bonds is 8. The molecule has 0 fully saturated rings. The van der Waals surface area contributed by atoms with Crippen molar-refractivity contribution in [3.05, 3.63) is 24.4 Å². The summed E-state index contributed by atoms with van der Waals surface area (Å²) in [5.41, 5.74) is 4.80. The van der Waals surface area contributed by atoms with E-state index in [9.17, 15) is 23.1 Å². The monoisotopic (exact) mass is 415 g/mol. The molecule has 0 spiro atoms. The minimum absolute atomic E-state index is 0.0519. The van der Waals surface area contributed by atoms with E-state index in [0.717, 1.165) is 0 Å². The molecule has 28 heavy (non-hydrogen) atoms. The minimum Gasteiger partial charge on any atom is -0.480 e. The van der Waals surface area contributed by atoms with Gasteiger partial charge in [-0.05, 0) is 45.7 Å². The zero-order chi connectivity index (χ0) is 21.4. The van der Waals surface area contributed by atoms with Gasteiger partial charge in [-0.15, -0.1) is 0 Å². The van der Waals surface area contributed by atoms with Crippen molar-refractivity contribution in [2.45, 2.75) is 50.3 Å². The van der Waals surface area contributed by atoms with Crippen LogP contribution in [0.3, 0.4) is 0 Å². The molecule has 156 valence electrons. The first-order valence-electron chi connectivity index (χ1n) is 8.37. The third-order valence-corrected chi connectivity index (χ3v) is 4.34. The Morgan fingerprint density at radius 2 is 2.04 bits per heavy atom. The van der Waals surface area contributed by atoms with Crippen LogP contribution in [0.4, 0.5) is 4.79 Å². The molecule has 0 saturated carbocycles. The average molecular weight is 415 g/mol. The van der Waals surface area contributed by atoms with Gasteiger partial charge < -0.3 is 20.9 Å². The predicted octanol–water partition coefficient (Wildman–Crippen LogP) is 0.433. The number of nitrogens with zero attached hydrogens (tertiary/aromatic N) is 2. The van der Waals surface area contributed by atoms with E-state index in [1.54, 1.807) is 26.8 Å². The molecule has 5 N–H and O–H groups in total. The van der Waals surface area contributed by atoms with E-state index in [1.165, 1.54) is 18.3 Å². The van der Waals surface area contributed by atoms with Gasteiger partial charge in [0.25, 0.3) is 10.0 Å². The van der Waals surface area contributed by atoms with Crippen LogP contribution in [0.2, 0.25) is 0 Å². The summed E-state index contributed by atoms with van der Waals surface area (Å²) in [7, 11) is -3.94. The van der Waals surface area contributed by atoms with Gasteiger partial charge in [0, 0.05) is 12.7 Å². The largest absolute Gasteiger partial charge is 0.480 e. The molecule has 1 aromatic rings. The van der Waals surface area contributed by atoms with Crippen molar-refractivity contribution in [1.82, 2.24) is 15.0 Å². The quantitative estimate of drug-likeness (QED) is 0.269. The second kappa shape index (κ2) is 9.88. The molecule has 1 amide bonds. The summed E-state index contributed by atoms with van der Waals surface area (Å²) in [4.78, 5) is 30.5. The van der Waals surface area contributed by atoms with E-state index >= 15 is 0 Å². The molecule has 1 atom stereocenters. The van der Waals surface area contributed by atoms with Crippen LogP contribution in [0.1, 0.15) is 33.6 Å². The number of hydrogen-bond acceptors (Lipinski definition) is 7. The molecule has 0 aliphatic carbocycles. The van der Waals surface area contributed by atoms with Crippen LogP contribution in [-0.4, -0.2) is 54.7 Å². The Bertz CT molecular complexity index is 805. The molecule has 1 aromatic heterocycles. The second-order valence-corrected chi connectivity index (χ2v) is 8.35. The van der Waals surface area contributed by atoms with Gasteiger partial charge in [-0.3, -0.25) is 4.99 Å². The van der Waals surface area contributed by atoms with Crippen LogP contribution in [0.25, 0.3) is 0 Å². The highest BCUT2D eigenvalue weighted by atomic mass is 32.2. The maximum Gasteiger partial charge on any atom is 0.408 e. The average Bonchev–Trinajstić information content (AvgIpc) is 2.56. The summed E-state index contributed by atoms with van der Waals surface area (Å²) in [6.07, 6.45) is 0.772. The van der Waals surface area contributed by atoms with Crippen molar-refractivity contribution < 1.29 is 27.9 Å². The van der Waals surface area contributed by atoms with Crippen LogP contribution in [0.5, 0.6) is 0 Å². The van der Waals surface area contributed by atoms with Gasteiger partial charge in [0.15, 0.2) is 5.03 Å². The summed E-state index contributed by atoms with van der Waals surface area (Å²) >= 11 is 0. The first kappa shape index (κ1) is 23.1. The van der Waals surface area contributed by atoms with Gasteiger partial charge in [0.1, 0.15) is 11.6 Å². The summed E-state index contributed by atoms with van der Waals surface area (Å²) in [5, 5.41) is 11.2. The van der Waals surface area contributed by atoms with Gasteiger partial charge in [-0.25, -0.2) is 19.3 Å². The van der Waals surface area contributed by atoms with Crippen LogP contribution in [0, 0.1) is 0 Å². The number of nitrogens with two attached hydrogens (primary N) is 1. The molecule has 0 saturated heterocycles. The number of aliphatic imine (C=N–C) groups is 1. The molecule has 0 unspecified atom stereocenters. The molecule has 0 aliphatic heterocycles. The lowest BCUT2D eigenvalue weighted by atomic mass is 10.1. The fourth-order valence-electron chi connectivity index (χ4n) is 1.93. The van der Waals surface area contributed by atoms with Crippen LogP contribution in [-0.2, 0) is 19.6 Å². The van der Waals surface area contributed by atoms with E-state index in [4.69, 9.17) is 10.5 Å². The number of aromatic nitrogens is 1. The van der Waals surface area contributed by atoms with Crippen molar-refractivity contribution in [1.29, 1.82) is 0 Å². The van der Waals surface area contributed by atoms with Crippen molar-refractivity contribution in [2.75, 3.05) is 6.54 Å². The zero-order valence-corrected chi connectivity index (χ0v) is 16.7. The smallest absolute Gasteiger partial charge is 0.408 e. The molecule has 0 radical (unpaired) electrons. The number of guanidine groups is 1. The van der Waals surface area contributed by atoms with Crippen LogP contribution in [0.15, 0.2) is 34.4 Å². The molecule has 0 aliphatic rings. The number of carboxylic acids is 1. The number of pyridine rings is 1. The Labute approximate surface area is 163 Å². The van der Waals surface area contributed by atoms with Gasteiger partial charge >= 0.3 is 12.1 Å². The lowest BCUT2D eigenvalue weighted by Crippen LogP contribution is -2.43. The molecular weight excluding hydrogens is 390 g/mol. The van der Waals surface area contributed by atoms with E-state index in [0.29, 0.717) is 0 Å². The van der Waals surface area contributed by atoms with Gasteiger partial charge in [-0.1, -0.05) is 6.07 Å². The first-order valence-corrected chi connectivity index (χ1v) is 9.85. The second-order valence-electron chi connectivity index (χ2n) is 6.72. The number of ether oxygens (including phenoxy) is 1. The highest BCUT2D eigenvalue weighted by Gasteiger charge is 2.23. The Hall–Kier alpha value is -2.89. The highest BCUT2D eigenvalue weighted by molar-refractivity contribution is 7.90. The van der Waals surface area contributed by atoms with Gasteiger partial charge in [0.2, 0.25) is 5.96 Å². The number of carbonyl (C=O) groups excluding carboxylic acids is 1. The van der Waals surface area contributed by atoms with Crippen LogP contribution >= 0.6 is 0 Å². The maximum atomic E-state index is 12.0. The zero-order valence-electron chi connectivity index (χ0n) is 15.9. The molecule has 0 aromatic carbocycles. The SMILES string of the molecule is CC(C)(C)OC(=O)N[C@@H](CCCN=C(N)NS(=O)(=O)c1ccccn1)C(=O)O. The number of aliphatic carboxylic acids is 1. The number of hydrogen-bond donors (Lipinski definition) is 4.